The first-order chi connectivity index (χ1) is 13.1. The molecule has 0 saturated carbocycles. The topological polar surface area (TPSA) is 104 Å². The number of hydrogen-bond donors (Lipinski definition) is 1. The highest BCUT2D eigenvalue weighted by molar-refractivity contribution is 6.04. The van der Waals surface area contributed by atoms with Crippen molar-refractivity contribution < 1.29 is 33.0 Å². The molecule has 1 N–H and O–H groups in total. The Morgan fingerprint density at radius 2 is 1.96 bits per heavy atom. The van der Waals surface area contributed by atoms with Gasteiger partial charge in [0.05, 0.1) is 17.9 Å². The van der Waals surface area contributed by atoms with Crippen LogP contribution in [0.3, 0.4) is 0 Å². The Morgan fingerprint density at radius 3 is 2.63 bits per heavy atom. The molecule has 1 fully saturated rings. The predicted octanol–water partition coefficient (Wildman–Crippen LogP) is 1.95. The first kappa shape index (κ1) is 18.7. The number of carbonyl (C=O) groups is 3. The van der Waals surface area contributed by atoms with Crippen LogP contribution in [0.4, 0.5) is 0 Å². The normalized spacial score (nSPS) is 15.9. The zero-order chi connectivity index (χ0) is 19.1. The maximum Gasteiger partial charge on any atom is 0.338 e. The van der Waals surface area contributed by atoms with E-state index in [4.69, 9.17) is 18.6 Å². The number of amides is 2. The van der Waals surface area contributed by atoms with Crippen molar-refractivity contribution in [3.05, 3.63) is 54.0 Å². The average Bonchev–Trinajstić information content (AvgIpc) is 3.38. The molecule has 1 aliphatic rings. The molecule has 8 nitrogen and oxygen atoms in total. The first-order valence-corrected chi connectivity index (χ1v) is 8.51. The number of hydrogen-bond acceptors (Lipinski definition) is 7. The Morgan fingerprint density at radius 1 is 1.15 bits per heavy atom. The summed E-state index contributed by atoms with van der Waals surface area (Å²) in [6, 6.07) is 9.31. The van der Waals surface area contributed by atoms with Crippen LogP contribution in [0.1, 0.15) is 33.8 Å². The van der Waals surface area contributed by atoms with Crippen LogP contribution in [0.2, 0.25) is 0 Å². The SMILES string of the molecule is O=C(COC(=O)c1ccc(OC[C@H]2CCCO2)cc1)NC(=O)c1ccco1. The molecule has 3 rings (SSSR count). The summed E-state index contributed by atoms with van der Waals surface area (Å²) in [6.07, 6.45) is 3.44. The number of ether oxygens (including phenoxy) is 3. The molecule has 2 heterocycles. The van der Waals surface area contributed by atoms with Crippen LogP contribution >= 0.6 is 0 Å². The van der Waals surface area contributed by atoms with Crippen LogP contribution in [0.5, 0.6) is 5.75 Å². The molecule has 0 spiro atoms. The Balaban J connectivity index is 1.42. The Bertz CT molecular complexity index is 777. The fourth-order valence-corrected chi connectivity index (χ4v) is 2.50. The van der Waals surface area contributed by atoms with Crippen molar-refractivity contribution in [2.75, 3.05) is 19.8 Å². The molecule has 1 saturated heterocycles. The quantitative estimate of drug-likeness (QED) is 0.740. The van der Waals surface area contributed by atoms with Crippen LogP contribution in [0.25, 0.3) is 0 Å². The van der Waals surface area contributed by atoms with Gasteiger partial charge in [-0.1, -0.05) is 0 Å². The van der Waals surface area contributed by atoms with E-state index in [-0.39, 0.29) is 17.4 Å². The van der Waals surface area contributed by atoms with Crippen LogP contribution in [-0.4, -0.2) is 43.7 Å². The number of carbonyl (C=O) groups excluding carboxylic acids is 3. The van der Waals surface area contributed by atoms with E-state index in [1.807, 2.05) is 0 Å². The lowest BCUT2D eigenvalue weighted by Crippen LogP contribution is -2.33. The van der Waals surface area contributed by atoms with Gasteiger partial charge in [-0.3, -0.25) is 14.9 Å². The molecule has 2 amide bonds. The molecular weight excluding hydrogens is 354 g/mol. The van der Waals surface area contributed by atoms with Crippen molar-refractivity contribution in [1.82, 2.24) is 5.32 Å². The Kier molecular flexibility index (Phi) is 6.22. The molecular formula is C19H19NO7. The third kappa shape index (κ3) is 5.42. The molecule has 0 aliphatic carbocycles. The lowest BCUT2D eigenvalue weighted by Gasteiger charge is -2.11. The van der Waals surface area contributed by atoms with E-state index in [9.17, 15) is 14.4 Å². The summed E-state index contributed by atoms with van der Waals surface area (Å²) in [6.45, 7) is 0.649. The molecule has 1 aliphatic heterocycles. The molecule has 1 aromatic heterocycles. The number of esters is 1. The highest BCUT2D eigenvalue weighted by Crippen LogP contribution is 2.17. The van der Waals surface area contributed by atoms with Crippen molar-refractivity contribution in [3.8, 4) is 5.75 Å². The summed E-state index contributed by atoms with van der Waals surface area (Å²) in [5.74, 6) is -1.52. The minimum absolute atomic E-state index is 0.00623. The van der Waals surface area contributed by atoms with Crippen LogP contribution in [0, 0.1) is 0 Å². The van der Waals surface area contributed by atoms with Gasteiger partial charge in [-0.25, -0.2) is 4.79 Å². The second kappa shape index (κ2) is 9.00. The number of rotatable bonds is 7. The molecule has 8 heteroatoms. The van der Waals surface area contributed by atoms with Crippen LogP contribution < -0.4 is 10.1 Å². The molecule has 27 heavy (non-hydrogen) atoms. The van der Waals surface area contributed by atoms with Gasteiger partial charge in [-0.05, 0) is 49.2 Å². The summed E-state index contributed by atoms with van der Waals surface area (Å²) in [5.41, 5.74) is 0.268. The van der Waals surface area contributed by atoms with Crippen molar-refractivity contribution >= 4 is 17.8 Å². The summed E-state index contributed by atoms with van der Waals surface area (Å²) in [4.78, 5) is 35.3. The van der Waals surface area contributed by atoms with E-state index in [2.05, 4.69) is 5.32 Å². The maximum absolute atomic E-state index is 12.0. The van der Waals surface area contributed by atoms with E-state index in [1.54, 1.807) is 24.3 Å². The van der Waals surface area contributed by atoms with Crippen LogP contribution in [-0.2, 0) is 14.3 Å². The van der Waals surface area contributed by atoms with Crippen molar-refractivity contribution in [3.63, 3.8) is 0 Å². The van der Waals surface area contributed by atoms with Gasteiger partial charge in [-0.15, -0.1) is 0 Å². The van der Waals surface area contributed by atoms with Gasteiger partial charge >= 0.3 is 5.97 Å². The smallest absolute Gasteiger partial charge is 0.338 e. The summed E-state index contributed by atoms with van der Waals surface area (Å²) < 4.78 is 20.8. The number of nitrogens with one attached hydrogen (secondary N) is 1. The highest BCUT2D eigenvalue weighted by Gasteiger charge is 2.17. The molecule has 1 atom stereocenters. The molecule has 142 valence electrons. The zero-order valence-electron chi connectivity index (χ0n) is 14.5. The summed E-state index contributed by atoms with van der Waals surface area (Å²) in [7, 11) is 0. The van der Waals surface area contributed by atoms with E-state index in [1.165, 1.54) is 18.4 Å². The number of imide groups is 1. The molecule has 2 aromatic rings. The summed E-state index contributed by atoms with van der Waals surface area (Å²) in [5, 5.41) is 2.06. The van der Waals surface area contributed by atoms with Gasteiger partial charge in [-0.2, -0.15) is 0 Å². The third-order valence-electron chi connectivity index (χ3n) is 3.88. The van der Waals surface area contributed by atoms with Gasteiger partial charge in [0.2, 0.25) is 0 Å². The molecule has 0 unspecified atom stereocenters. The second-order valence-corrected chi connectivity index (χ2v) is 5.90. The van der Waals surface area contributed by atoms with Crippen molar-refractivity contribution in [1.29, 1.82) is 0 Å². The zero-order valence-corrected chi connectivity index (χ0v) is 14.5. The Hall–Kier alpha value is -3.13. The van der Waals surface area contributed by atoms with Gasteiger partial charge in [0, 0.05) is 6.61 Å². The Labute approximate surface area is 155 Å². The van der Waals surface area contributed by atoms with Gasteiger partial charge in [0.15, 0.2) is 12.4 Å². The number of benzene rings is 1. The van der Waals surface area contributed by atoms with E-state index < -0.39 is 24.4 Å². The van der Waals surface area contributed by atoms with Crippen LogP contribution in [0.15, 0.2) is 47.1 Å². The largest absolute Gasteiger partial charge is 0.491 e. The molecule has 0 bridgehead atoms. The third-order valence-corrected chi connectivity index (χ3v) is 3.88. The fourth-order valence-electron chi connectivity index (χ4n) is 2.50. The lowest BCUT2D eigenvalue weighted by molar-refractivity contribution is -0.123. The van der Waals surface area contributed by atoms with E-state index in [0.29, 0.717) is 12.4 Å². The van der Waals surface area contributed by atoms with Crippen molar-refractivity contribution in [2.45, 2.75) is 18.9 Å². The van der Waals surface area contributed by atoms with Gasteiger partial charge < -0.3 is 18.6 Å². The van der Waals surface area contributed by atoms with E-state index in [0.717, 1.165) is 19.4 Å². The monoisotopic (exact) mass is 373 g/mol. The molecule has 0 radical (unpaired) electrons. The lowest BCUT2D eigenvalue weighted by atomic mass is 10.2. The fraction of sp³-hybridized carbons (Fsp3) is 0.316. The average molecular weight is 373 g/mol. The number of furan rings is 1. The second-order valence-electron chi connectivity index (χ2n) is 5.90. The minimum atomic E-state index is -0.749. The standard InChI is InChI=1S/C19H19NO7/c21-17(20-18(22)16-4-2-10-25-16)12-27-19(23)13-5-7-14(8-6-13)26-11-15-3-1-9-24-15/h2,4-8,10,15H,1,3,9,11-12H2,(H,20,21,22)/t15-/m1/s1. The van der Waals surface area contributed by atoms with Gasteiger partial charge in [0.1, 0.15) is 12.4 Å². The summed E-state index contributed by atoms with van der Waals surface area (Å²) >= 11 is 0. The van der Waals surface area contributed by atoms with Gasteiger partial charge in [0.25, 0.3) is 11.8 Å². The first-order valence-electron chi connectivity index (χ1n) is 8.51. The predicted molar refractivity (Wildman–Crippen MR) is 92.4 cm³/mol. The highest BCUT2D eigenvalue weighted by atomic mass is 16.5. The van der Waals surface area contributed by atoms with Crippen molar-refractivity contribution in [2.24, 2.45) is 0 Å². The van der Waals surface area contributed by atoms with E-state index >= 15 is 0 Å². The maximum atomic E-state index is 12.0. The minimum Gasteiger partial charge on any atom is -0.491 e. The molecule has 1 aromatic carbocycles.